The zero-order valence-corrected chi connectivity index (χ0v) is 14.1. The SMILES string of the molecule is COC(=O)C1OC(=O)C(=Cc2ccc(O)c(O)c2)C1c1ccc(O)c(O)c1. The van der Waals surface area contributed by atoms with Crippen molar-refractivity contribution in [3.63, 3.8) is 0 Å². The number of hydrogen-bond acceptors (Lipinski definition) is 8. The fourth-order valence-corrected chi connectivity index (χ4v) is 2.89. The Morgan fingerprint density at radius 1 is 1.00 bits per heavy atom. The number of cyclic esters (lactones) is 1. The first-order chi connectivity index (χ1) is 12.8. The summed E-state index contributed by atoms with van der Waals surface area (Å²) in [7, 11) is 1.15. The Kier molecular flexibility index (Phi) is 4.64. The number of phenols is 4. The molecule has 1 aliphatic heterocycles. The molecule has 2 aromatic rings. The molecule has 2 unspecified atom stereocenters. The maximum Gasteiger partial charge on any atom is 0.348 e. The second-order valence-electron chi connectivity index (χ2n) is 5.92. The number of aromatic hydroxyl groups is 4. The third kappa shape index (κ3) is 3.37. The summed E-state index contributed by atoms with van der Waals surface area (Å²) in [5.74, 6) is -3.93. The van der Waals surface area contributed by atoms with E-state index in [4.69, 9.17) is 9.47 Å². The number of carbonyl (C=O) groups is 2. The minimum atomic E-state index is -1.27. The van der Waals surface area contributed by atoms with Crippen LogP contribution in [0.25, 0.3) is 6.08 Å². The lowest BCUT2D eigenvalue weighted by Crippen LogP contribution is -2.27. The van der Waals surface area contributed by atoms with Crippen molar-refractivity contribution < 1.29 is 39.5 Å². The van der Waals surface area contributed by atoms with Gasteiger partial charge in [-0.05, 0) is 41.5 Å². The van der Waals surface area contributed by atoms with Crippen molar-refractivity contribution in [2.75, 3.05) is 7.11 Å². The molecule has 2 atom stereocenters. The number of hydrogen-bond donors (Lipinski definition) is 4. The predicted molar refractivity (Wildman–Crippen MR) is 92.2 cm³/mol. The van der Waals surface area contributed by atoms with Gasteiger partial charge in [0.1, 0.15) is 0 Å². The van der Waals surface area contributed by atoms with E-state index in [0.717, 1.165) is 7.11 Å². The molecule has 140 valence electrons. The van der Waals surface area contributed by atoms with E-state index < -0.39 is 29.7 Å². The summed E-state index contributed by atoms with van der Waals surface area (Å²) in [4.78, 5) is 24.5. The van der Waals surface area contributed by atoms with E-state index >= 15 is 0 Å². The van der Waals surface area contributed by atoms with E-state index in [2.05, 4.69) is 0 Å². The molecule has 0 aliphatic carbocycles. The summed E-state index contributed by atoms with van der Waals surface area (Å²) in [6, 6.07) is 7.85. The minimum absolute atomic E-state index is 0.0839. The van der Waals surface area contributed by atoms with Crippen molar-refractivity contribution in [2.24, 2.45) is 0 Å². The van der Waals surface area contributed by atoms with Crippen molar-refractivity contribution in [3.8, 4) is 23.0 Å². The normalized spacial score (nSPS) is 20.5. The van der Waals surface area contributed by atoms with E-state index in [9.17, 15) is 30.0 Å². The second kappa shape index (κ2) is 6.91. The van der Waals surface area contributed by atoms with E-state index in [1.165, 1.54) is 42.5 Å². The van der Waals surface area contributed by atoms with Gasteiger partial charge in [-0.3, -0.25) is 0 Å². The molecular weight excluding hydrogens is 356 g/mol. The third-order valence-corrected chi connectivity index (χ3v) is 4.22. The highest BCUT2D eigenvalue weighted by Crippen LogP contribution is 2.41. The number of benzene rings is 2. The molecule has 1 saturated heterocycles. The molecule has 0 bridgehead atoms. The van der Waals surface area contributed by atoms with Crippen LogP contribution in [-0.4, -0.2) is 45.6 Å². The van der Waals surface area contributed by atoms with Gasteiger partial charge in [0.05, 0.1) is 13.0 Å². The van der Waals surface area contributed by atoms with Crippen molar-refractivity contribution in [1.82, 2.24) is 0 Å². The molecule has 0 spiro atoms. The van der Waals surface area contributed by atoms with Crippen LogP contribution in [0.2, 0.25) is 0 Å². The lowest BCUT2D eigenvalue weighted by molar-refractivity contribution is -0.159. The van der Waals surface area contributed by atoms with Crippen LogP contribution in [0.15, 0.2) is 42.0 Å². The molecule has 3 rings (SSSR count). The molecule has 4 N–H and O–H groups in total. The van der Waals surface area contributed by atoms with Crippen LogP contribution in [0.4, 0.5) is 0 Å². The Balaban J connectivity index is 2.12. The molecule has 0 radical (unpaired) electrons. The van der Waals surface area contributed by atoms with Crippen LogP contribution in [0.1, 0.15) is 17.0 Å². The number of methoxy groups -OCH3 is 1. The average molecular weight is 372 g/mol. The molecule has 0 saturated carbocycles. The lowest BCUT2D eigenvalue weighted by Gasteiger charge is -2.17. The topological polar surface area (TPSA) is 134 Å². The smallest absolute Gasteiger partial charge is 0.348 e. The van der Waals surface area contributed by atoms with Crippen LogP contribution in [-0.2, 0) is 19.1 Å². The van der Waals surface area contributed by atoms with Gasteiger partial charge in [-0.25, -0.2) is 9.59 Å². The molecule has 1 heterocycles. The molecule has 27 heavy (non-hydrogen) atoms. The Morgan fingerprint density at radius 2 is 1.63 bits per heavy atom. The average Bonchev–Trinajstić information content (AvgIpc) is 2.96. The number of phenolic OH excluding ortho intramolecular Hbond substituents is 4. The van der Waals surface area contributed by atoms with Gasteiger partial charge in [0, 0.05) is 5.57 Å². The number of carbonyl (C=O) groups excluding carboxylic acids is 2. The van der Waals surface area contributed by atoms with Gasteiger partial charge >= 0.3 is 11.9 Å². The Hall–Kier alpha value is -3.68. The summed E-state index contributed by atoms with van der Waals surface area (Å²) in [5.41, 5.74) is 0.817. The van der Waals surface area contributed by atoms with E-state index in [1.54, 1.807) is 0 Å². The molecule has 2 aromatic carbocycles. The largest absolute Gasteiger partial charge is 0.504 e. The molecule has 1 fully saturated rings. The highest BCUT2D eigenvalue weighted by Gasteiger charge is 2.46. The number of ether oxygens (including phenoxy) is 2. The molecule has 0 aromatic heterocycles. The molecular formula is C19H16O8. The van der Waals surface area contributed by atoms with Crippen LogP contribution < -0.4 is 0 Å². The Morgan fingerprint density at radius 3 is 2.22 bits per heavy atom. The zero-order chi connectivity index (χ0) is 19.7. The van der Waals surface area contributed by atoms with Crippen LogP contribution in [0.3, 0.4) is 0 Å². The molecule has 8 heteroatoms. The van der Waals surface area contributed by atoms with Crippen molar-refractivity contribution in [2.45, 2.75) is 12.0 Å². The maximum absolute atomic E-state index is 12.4. The first-order valence-corrected chi connectivity index (χ1v) is 7.86. The Labute approximate surface area is 153 Å². The monoisotopic (exact) mass is 372 g/mol. The summed E-state index contributed by atoms with van der Waals surface area (Å²) < 4.78 is 9.85. The van der Waals surface area contributed by atoms with Crippen LogP contribution >= 0.6 is 0 Å². The minimum Gasteiger partial charge on any atom is -0.504 e. The first kappa shape index (κ1) is 18.1. The predicted octanol–water partition coefficient (Wildman–Crippen LogP) is 1.77. The highest BCUT2D eigenvalue weighted by atomic mass is 16.6. The van der Waals surface area contributed by atoms with Gasteiger partial charge in [-0.2, -0.15) is 0 Å². The van der Waals surface area contributed by atoms with Crippen LogP contribution in [0.5, 0.6) is 23.0 Å². The quantitative estimate of drug-likeness (QED) is 0.364. The van der Waals surface area contributed by atoms with Gasteiger partial charge in [0.25, 0.3) is 0 Å². The molecule has 0 amide bonds. The van der Waals surface area contributed by atoms with Gasteiger partial charge in [0.2, 0.25) is 6.10 Å². The van der Waals surface area contributed by atoms with E-state index in [1.807, 2.05) is 0 Å². The summed E-state index contributed by atoms with van der Waals surface area (Å²) >= 11 is 0. The van der Waals surface area contributed by atoms with Gasteiger partial charge in [0.15, 0.2) is 23.0 Å². The van der Waals surface area contributed by atoms with Gasteiger partial charge in [-0.1, -0.05) is 12.1 Å². The summed E-state index contributed by atoms with van der Waals surface area (Å²) in [5, 5.41) is 38.3. The fraction of sp³-hybridized carbons (Fsp3) is 0.158. The second-order valence-corrected chi connectivity index (χ2v) is 5.92. The van der Waals surface area contributed by atoms with Gasteiger partial charge in [-0.15, -0.1) is 0 Å². The summed E-state index contributed by atoms with van der Waals surface area (Å²) in [6.07, 6.45) is 0.127. The van der Waals surface area contributed by atoms with Crippen molar-refractivity contribution in [3.05, 3.63) is 53.1 Å². The number of esters is 2. The first-order valence-electron chi connectivity index (χ1n) is 7.86. The van der Waals surface area contributed by atoms with Gasteiger partial charge < -0.3 is 29.9 Å². The lowest BCUT2D eigenvalue weighted by atomic mass is 9.87. The zero-order valence-electron chi connectivity index (χ0n) is 14.1. The maximum atomic E-state index is 12.4. The number of rotatable bonds is 3. The Bertz CT molecular complexity index is 947. The van der Waals surface area contributed by atoms with E-state index in [0.29, 0.717) is 11.1 Å². The van der Waals surface area contributed by atoms with Crippen LogP contribution in [0, 0.1) is 0 Å². The fourth-order valence-electron chi connectivity index (χ4n) is 2.89. The molecule has 8 nitrogen and oxygen atoms in total. The van der Waals surface area contributed by atoms with E-state index in [-0.39, 0.29) is 22.8 Å². The van der Waals surface area contributed by atoms with Crippen molar-refractivity contribution in [1.29, 1.82) is 0 Å². The summed E-state index contributed by atoms with van der Waals surface area (Å²) in [6.45, 7) is 0. The third-order valence-electron chi connectivity index (χ3n) is 4.22. The van der Waals surface area contributed by atoms with Crippen molar-refractivity contribution >= 4 is 18.0 Å². The standard InChI is InChI=1S/C19H16O8/c1-26-19(25)17-16(10-3-5-13(21)15(23)8-10)11(18(24)27-17)6-9-2-4-12(20)14(22)7-9/h2-8,16-17,20-23H,1H3. The molecule has 1 aliphatic rings. The highest BCUT2D eigenvalue weighted by molar-refractivity contribution is 6.01.